The van der Waals surface area contributed by atoms with Crippen LogP contribution in [0, 0.1) is 18.3 Å². The van der Waals surface area contributed by atoms with Crippen molar-refractivity contribution in [2.24, 2.45) is 16.4 Å². The smallest absolute Gasteiger partial charge is 0.200 e. The summed E-state index contributed by atoms with van der Waals surface area (Å²) in [6.45, 7) is 4.19. The molecule has 0 atom stereocenters. The molecule has 108 valence electrons. The minimum absolute atomic E-state index is 0.263. The summed E-state index contributed by atoms with van der Waals surface area (Å²) < 4.78 is 24.1. The summed E-state index contributed by atoms with van der Waals surface area (Å²) in [7, 11) is -3.52. The molecule has 0 saturated heterocycles. The van der Waals surface area contributed by atoms with E-state index >= 15 is 0 Å². The lowest BCUT2D eigenvalue weighted by Crippen LogP contribution is -2.47. The Kier molecular flexibility index (Phi) is 3.12. The molecule has 2 aliphatic carbocycles. The van der Waals surface area contributed by atoms with Crippen molar-refractivity contribution in [3.8, 4) is 0 Å². The van der Waals surface area contributed by atoms with Crippen LogP contribution >= 0.6 is 0 Å². The summed E-state index contributed by atoms with van der Waals surface area (Å²) in [5.41, 5.74) is 2.47. The van der Waals surface area contributed by atoms with Gasteiger partial charge in [-0.05, 0) is 56.1 Å². The number of nitrogens with zero attached hydrogens (tertiary/aromatic N) is 1. The molecule has 0 bridgehead atoms. The second kappa shape index (κ2) is 4.58. The van der Waals surface area contributed by atoms with Gasteiger partial charge in [0.2, 0.25) is 0 Å². The molecule has 0 unspecified atom stereocenters. The third-order valence-corrected chi connectivity index (χ3v) is 5.60. The van der Waals surface area contributed by atoms with Gasteiger partial charge in [-0.25, -0.2) is 4.83 Å². The van der Waals surface area contributed by atoms with Crippen molar-refractivity contribution in [3.63, 3.8) is 0 Å². The van der Waals surface area contributed by atoms with Crippen molar-refractivity contribution in [2.45, 2.75) is 44.4 Å². The van der Waals surface area contributed by atoms with Gasteiger partial charge in [-0.3, -0.25) is 0 Å². The predicted octanol–water partition coefficient (Wildman–Crippen LogP) is 2.84. The van der Waals surface area contributed by atoms with E-state index in [0.717, 1.165) is 30.0 Å². The van der Waals surface area contributed by atoms with Crippen LogP contribution in [0.4, 0.5) is 0 Å². The van der Waals surface area contributed by atoms with Gasteiger partial charge < -0.3 is 0 Å². The largest absolute Gasteiger partial charge is 0.276 e. The molecule has 1 spiro atoms. The molecule has 4 nitrogen and oxygen atoms in total. The van der Waals surface area contributed by atoms with Crippen molar-refractivity contribution in [3.05, 3.63) is 29.8 Å². The van der Waals surface area contributed by atoms with E-state index in [1.165, 1.54) is 12.8 Å². The zero-order valence-electron chi connectivity index (χ0n) is 11.9. The van der Waals surface area contributed by atoms with Crippen LogP contribution < -0.4 is 4.83 Å². The van der Waals surface area contributed by atoms with E-state index in [0.29, 0.717) is 5.41 Å². The lowest BCUT2D eigenvalue weighted by molar-refractivity contribution is 0.0541. The number of hydrazone groups is 1. The minimum atomic E-state index is -3.52. The molecule has 0 amide bonds. The molecular formula is C15H20N2O2S. The number of rotatable bonds is 3. The first-order valence-corrected chi connectivity index (χ1v) is 8.51. The molecule has 0 aliphatic heterocycles. The van der Waals surface area contributed by atoms with Crippen LogP contribution in [0.1, 0.15) is 38.2 Å². The average molecular weight is 292 g/mol. The van der Waals surface area contributed by atoms with E-state index in [2.05, 4.69) is 16.9 Å². The second-order valence-corrected chi connectivity index (χ2v) is 8.11. The monoisotopic (exact) mass is 292 g/mol. The fourth-order valence-corrected chi connectivity index (χ4v) is 4.34. The Morgan fingerprint density at radius 2 is 1.80 bits per heavy atom. The van der Waals surface area contributed by atoms with Crippen LogP contribution in [-0.4, -0.2) is 14.1 Å². The van der Waals surface area contributed by atoms with Crippen molar-refractivity contribution >= 4 is 15.7 Å². The molecule has 0 radical (unpaired) electrons. The van der Waals surface area contributed by atoms with Crippen molar-refractivity contribution in [1.82, 2.24) is 4.83 Å². The number of aryl methyl sites for hydroxylation is 1. The maximum Gasteiger partial charge on any atom is 0.276 e. The van der Waals surface area contributed by atoms with Gasteiger partial charge in [0, 0.05) is 5.71 Å². The summed E-state index contributed by atoms with van der Waals surface area (Å²) in [5.74, 6) is 0.820. The van der Waals surface area contributed by atoms with Gasteiger partial charge in [0.1, 0.15) is 0 Å². The van der Waals surface area contributed by atoms with Crippen LogP contribution in [0.5, 0.6) is 0 Å². The lowest BCUT2D eigenvalue weighted by atomic mass is 9.51. The molecule has 2 saturated carbocycles. The number of hydrogen-bond donors (Lipinski definition) is 1. The fraction of sp³-hybridized carbons (Fsp3) is 0.533. The maximum atomic E-state index is 12.1. The highest BCUT2D eigenvalue weighted by Crippen LogP contribution is 2.57. The predicted molar refractivity (Wildman–Crippen MR) is 79.0 cm³/mol. The first kappa shape index (κ1) is 13.6. The highest BCUT2D eigenvalue weighted by atomic mass is 32.2. The molecule has 2 fully saturated rings. The van der Waals surface area contributed by atoms with Gasteiger partial charge in [0.05, 0.1) is 4.90 Å². The van der Waals surface area contributed by atoms with Crippen molar-refractivity contribution < 1.29 is 8.42 Å². The molecular weight excluding hydrogens is 272 g/mol. The summed E-state index contributed by atoms with van der Waals surface area (Å²) >= 11 is 0. The third kappa shape index (κ3) is 2.46. The summed E-state index contributed by atoms with van der Waals surface area (Å²) in [6, 6.07) is 6.78. The Hall–Kier alpha value is -1.36. The minimum Gasteiger partial charge on any atom is -0.200 e. The van der Waals surface area contributed by atoms with Gasteiger partial charge >= 0.3 is 0 Å². The number of hydrogen-bond acceptors (Lipinski definition) is 3. The van der Waals surface area contributed by atoms with Gasteiger partial charge in [0.15, 0.2) is 0 Å². The van der Waals surface area contributed by atoms with Crippen LogP contribution in [0.15, 0.2) is 34.3 Å². The van der Waals surface area contributed by atoms with Crippen LogP contribution in [0.3, 0.4) is 0 Å². The lowest BCUT2D eigenvalue weighted by Gasteiger charge is -2.53. The fourth-order valence-electron chi connectivity index (χ4n) is 3.50. The normalized spacial score (nSPS) is 28.7. The standard InChI is InChI=1S/C15H20N2O2S/c1-11-3-5-14(6-4-11)20(18,19)17-16-13-9-15(10-13)7-12(2)8-15/h3-6,12,17H,7-10H2,1-2H3. The van der Waals surface area contributed by atoms with E-state index in [1.54, 1.807) is 24.3 Å². The molecule has 2 aliphatic rings. The Bertz CT molecular complexity index is 631. The second-order valence-electron chi connectivity index (χ2n) is 6.45. The van der Waals surface area contributed by atoms with Gasteiger partial charge in [-0.1, -0.05) is 24.6 Å². The summed E-state index contributed by atoms with van der Waals surface area (Å²) in [4.78, 5) is 2.62. The first-order chi connectivity index (χ1) is 9.39. The maximum absolute atomic E-state index is 12.1. The molecule has 1 aromatic rings. The molecule has 20 heavy (non-hydrogen) atoms. The average Bonchev–Trinajstić information content (AvgIpc) is 2.31. The van der Waals surface area contributed by atoms with Gasteiger partial charge in [-0.2, -0.15) is 13.5 Å². The van der Waals surface area contributed by atoms with E-state index in [4.69, 9.17) is 0 Å². The van der Waals surface area contributed by atoms with E-state index < -0.39 is 10.0 Å². The summed E-state index contributed by atoms with van der Waals surface area (Å²) in [5, 5.41) is 4.08. The number of sulfonamides is 1. The topological polar surface area (TPSA) is 58.5 Å². The number of benzene rings is 1. The number of nitrogens with one attached hydrogen (secondary N) is 1. The zero-order valence-corrected chi connectivity index (χ0v) is 12.7. The molecule has 1 N–H and O–H groups in total. The zero-order chi connectivity index (χ0) is 14.4. The van der Waals surface area contributed by atoms with E-state index in [9.17, 15) is 8.42 Å². The molecule has 1 aromatic carbocycles. The Morgan fingerprint density at radius 1 is 1.20 bits per heavy atom. The molecule has 0 heterocycles. The van der Waals surface area contributed by atoms with E-state index in [1.807, 2.05) is 6.92 Å². The highest BCUT2D eigenvalue weighted by Gasteiger charge is 2.49. The van der Waals surface area contributed by atoms with Crippen molar-refractivity contribution in [2.75, 3.05) is 0 Å². The van der Waals surface area contributed by atoms with Crippen LogP contribution in [0.25, 0.3) is 0 Å². The Labute approximate surface area is 120 Å². The first-order valence-electron chi connectivity index (χ1n) is 7.03. The van der Waals surface area contributed by atoms with Gasteiger partial charge in [-0.15, -0.1) is 0 Å². The van der Waals surface area contributed by atoms with Crippen LogP contribution in [-0.2, 0) is 10.0 Å². The summed E-state index contributed by atoms with van der Waals surface area (Å²) in [6.07, 6.45) is 4.43. The van der Waals surface area contributed by atoms with E-state index in [-0.39, 0.29) is 4.90 Å². The van der Waals surface area contributed by atoms with Crippen LogP contribution in [0.2, 0.25) is 0 Å². The van der Waals surface area contributed by atoms with Gasteiger partial charge in [0.25, 0.3) is 10.0 Å². The SMILES string of the molecule is Cc1ccc(S(=O)(=O)NN=C2CC3(C2)CC(C)C3)cc1. The quantitative estimate of drug-likeness (QED) is 0.871. The van der Waals surface area contributed by atoms with Crippen molar-refractivity contribution in [1.29, 1.82) is 0 Å². The Morgan fingerprint density at radius 3 is 2.35 bits per heavy atom. The molecule has 3 rings (SSSR count). The third-order valence-electron chi connectivity index (χ3n) is 4.38. The Balaban J connectivity index is 1.62. The molecule has 0 aromatic heterocycles. The molecule has 5 heteroatoms. The highest BCUT2D eigenvalue weighted by molar-refractivity contribution is 7.89.